The molecule has 0 spiro atoms. The highest BCUT2D eigenvalue weighted by molar-refractivity contribution is 5.95. The van der Waals surface area contributed by atoms with Crippen LogP contribution in [0, 0.1) is 5.41 Å². The SMILES string of the molecule is CCCC(O)CNC(=O)c1cccc(-c2noc(CC(C)(C)C)n2)c1. The number of hydrogen-bond acceptors (Lipinski definition) is 5. The van der Waals surface area contributed by atoms with Crippen molar-refractivity contribution in [1.29, 1.82) is 0 Å². The van der Waals surface area contributed by atoms with E-state index in [9.17, 15) is 9.90 Å². The normalized spacial score (nSPS) is 12.8. The minimum Gasteiger partial charge on any atom is -0.391 e. The Balaban J connectivity index is 2.07. The third-order valence-corrected chi connectivity index (χ3v) is 3.65. The molecular weight excluding hydrogens is 318 g/mol. The van der Waals surface area contributed by atoms with Crippen LogP contribution >= 0.6 is 0 Å². The molecule has 0 saturated carbocycles. The summed E-state index contributed by atoms with van der Waals surface area (Å²) in [6.45, 7) is 8.56. The highest BCUT2D eigenvalue weighted by atomic mass is 16.5. The molecule has 25 heavy (non-hydrogen) atoms. The summed E-state index contributed by atoms with van der Waals surface area (Å²) in [4.78, 5) is 16.7. The molecule has 2 N–H and O–H groups in total. The molecule has 0 fully saturated rings. The number of nitrogens with zero attached hydrogens (tertiary/aromatic N) is 2. The molecule has 6 nitrogen and oxygen atoms in total. The molecule has 1 heterocycles. The third kappa shape index (κ3) is 5.98. The van der Waals surface area contributed by atoms with E-state index in [0.717, 1.165) is 12.0 Å². The lowest BCUT2D eigenvalue weighted by Gasteiger charge is -2.13. The maximum Gasteiger partial charge on any atom is 0.251 e. The lowest BCUT2D eigenvalue weighted by molar-refractivity contribution is 0.0910. The quantitative estimate of drug-likeness (QED) is 0.804. The van der Waals surface area contributed by atoms with Crippen LogP contribution in [0.5, 0.6) is 0 Å². The second-order valence-corrected chi connectivity index (χ2v) is 7.48. The number of amides is 1. The average Bonchev–Trinajstić information content (AvgIpc) is 2.99. The van der Waals surface area contributed by atoms with E-state index in [4.69, 9.17) is 4.52 Å². The second-order valence-electron chi connectivity index (χ2n) is 7.48. The fraction of sp³-hybridized carbons (Fsp3) is 0.526. The Morgan fingerprint density at radius 2 is 2.12 bits per heavy atom. The monoisotopic (exact) mass is 345 g/mol. The van der Waals surface area contributed by atoms with E-state index < -0.39 is 6.10 Å². The van der Waals surface area contributed by atoms with Crippen LogP contribution in [-0.2, 0) is 6.42 Å². The molecule has 0 bridgehead atoms. The van der Waals surface area contributed by atoms with Gasteiger partial charge in [0, 0.05) is 24.1 Å². The van der Waals surface area contributed by atoms with Gasteiger partial charge < -0.3 is 14.9 Å². The fourth-order valence-corrected chi connectivity index (χ4v) is 2.44. The van der Waals surface area contributed by atoms with Crippen molar-refractivity contribution in [1.82, 2.24) is 15.5 Å². The van der Waals surface area contributed by atoms with Gasteiger partial charge in [0.2, 0.25) is 11.7 Å². The van der Waals surface area contributed by atoms with Gasteiger partial charge in [0.25, 0.3) is 5.91 Å². The Labute approximate surface area is 148 Å². The zero-order valence-electron chi connectivity index (χ0n) is 15.4. The Kier molecular flexibility index (Phi) is 6.31. The molecule has 0 aliphatic heterocycles. The van der Waals surface area contributed by atoms with Gasteiger partial charge in [0.15, 0.2) is 0 Å². The number of aromatic nitrogens is 2. The van der Waals surface area contributed by atoms with Gasteiger partial charge in [0.1, 0.15) is 0 Å². The van der Waals surface area contributed by atoms with Crippen LogP contribution in [0.1, 0.15) is 56.8 Å². The molecule has 1 aromatic heterocycles. The smallest absolute Gasteiger partial charge is 0.251 e. The van der Waals surface area contributed by atoms with Crippen molar-refractivity contribution in [2.24, 2.45) is 5.41 Å². The van der Waals surface area contributed by atoms with Gasteiger partial charge in [-0.1, -0.05) is 51.4 Å². The van der Waals surface area contributed by atoms with Crippen LogP contribution in [0.25, 0.3) is 11.4 Å². The average molecular weight is 345 g/mol. The number of carbonyl (C=O) groups is 1. The molecular formula is C19H27N3O3. The minimum atomic E-state index is -0.519. The van der Waals surface area contributed by atoms with E-state index in [-0.39, 0.29) is 17.9 Å². The molecule has 2 rings (SSSR count). The van der Waals surface area contributed by atoms with Gasteiger partial charge in [-0.3, -0.25) is 4.79 Å². The molecule has 1 aromatic carbocycles. The number of aliphatic hydroxyl groups is 1. The maximum absolute atomic E-state index is 12.2. The first kappa shape index (κ1) is 19.1. The Morgan fingerprint density at radius 3 is 2.80 bits per heavy atom. The maximum atomic E-state index is 12.2. The van der Waals surface area contributed by atoms with Crippen LogP contribution in [0.15, 0.2) is 28.8 Å². The van der Waals surface area contributed by atoms with E-state index >= 15 is 0 Å². The molecule has 1 unspecified atom stereocenters. The first-order valence-electron chi connectivity index (χ1n) is 8.68. The van der Waals surface area contributed by atoms with Crippen LogP contribution in [0.4, 0.5) is 0 Å². The van der Waals surface area contributed by atoms with Crippen molar-refractivity contribution < 1.29 is 14.4 Å². The van der Waals surface area contributed by atoms with Crippen molar-refractivity contribution in [3.8, 4) is 11.4 Å². The zero-order valence-corrected chi connectivity index (χ0v) is 15.4. The summed E-state index contributed by atoms with van der Waals surface area (Å²) < 4.78 is 5.31. The van der Waals surface area contributed by atoms with Gasteiger partial charge in [-0.05, 0) is 24.0 Å². The third-order valence-electron chi connectivity index (χ3n) is 3.65. The number of hydrogen-bond donors (Lipinski definition) is 2. The van der Waals surface area contributed by atoms with Crippen LogP contribution in [0.2, 0.25) is 0 Å². The summed E-state index contributed by atoms with van der Waals surface area (Å²) in [5, 5.41) is 16.5. The minimum absolute atomic E-state index is 0.0604. The highest BCUT2D eigenvalue weighted by Crippen LogP contribution is 2.22. The lowest BCUT2D eigenvalue weighted by Crippen LogP contribution is -2.31. The Bertz CT molecular complexity index is 704. The summed E-state index contributed by atoms with van der Waals surface area (Å²) in [5.74, 6) is 0.829. The standard InChI is InChI=1S/C19H27N3O3/c1-5-7-15(23)12-20-18(24)14-9-6-8-13(10-14)17-21-16(25-22-17)11-19(2,3)4/h6,8-10,15,23H,5,7,11-12H2,1-4H3,(H,20,24). The summed E-state index contributed by atoms with van der Waals surface area (Å²) in [7, 11) is 0. The fourth-order valence-electron chi connectivity index (χ4n) is 2.44. The van der Waals surface area contributed by atoms with E-state index in [1.54, 1.807) is 18.2 Å². The molecule has 1 amide bonds. The number of benzene rings is 1. The zero-order chi connectivity index (χ0) is 18.4. The van der Waals surface area contributed by atoms with E-state index in [0.29, 0.717) is 30.1 Å². The largest absolute Gasteiger partial charge is 0.391 e. The van der Waals surface area contributed by atoms with E-state index in [1.807, 2.05) is 13.0 Å². The number of aliphatic hydroxyl groups excluding tert-OH is 1. The van der Waals surface area contributed by atoms with Crippen molar-refractivity contribution in [2.75, 3.05) is 6.54 Å². The summed E-state index contributed by atoms with van der Waals surface area (Å²) in [6.07, 6.45) is 1.71. The molecule has 0 radical (unpaired) electrons. The molecule has 0 aliphatic carbocycles. The van der Waals surface area contributed by atoms with Crippen molar-refractivity contribution >= 4 is 5.91 Å². The molecule has 6 heteroatoms. The topological polar surface area (TPSA) is 88.2 Å². The summed E-state index contributed by atoms with van der Waals surface area (Å²) in [5.41, 5.74) is 1.29. The van der Waals surface area contributed by atoms with Crippen molar-refractivity contribution in [3.63, 3.8) is 0 Å². The highest BCUT2D eigenvalue weighted by Gasteiger charge is 2.18. The van der Waals surface area contributed by atoms with Gasteiger partial charge >= 0.3 is 0 Å². The molecule has 0 aliphatic rings. The second kappa shape index (κ2) is 8.25. The first-order valence-corrected chi connectivity index (χ1v) is 8.68. The predicted octanol–water partition coefficient (Wildman–Crippen LogP) is 3.22. The van der Waals surface area contributed by atoms with Crippen molar-refractivity contribution in [3.05, 3.63) is 35.7 Å². The van der Waals surface area contributed by atoms with Crippen LogP contribution < -0.4 is 5.32 Å². The van der Waals surface area contributed by atoms with Crippen LogP contribution in [0.3, 0.4) is 0 Å². The van der Waals surface area contributed by atoms with Crippen LogP contribution in [-0.4, -0.2) is 33.8 Å². The number of rotatable bonds is 7. The van der Waals surface area contributed by atoms with Gasteiger partial charge in [-0.15, -0.1) is 0 Å². The molecule has 0 saturated heterocycles. The van der Waals surface area contributed by atoms with Gasteiger partial charge in [-0.25, -0.2) is 0 Å². The predicted molar refractivity (Wildman–Crippen MR) is 96.1 cm³/mol. The van der Waals surface area contributed by atoms with Gasteiger partial charge in [0.05, 0.1) is 6.10 Å². The Hall–Kier alpha value is -2.21. The summed E-state index contributed by atoms with van der Waals surface area (Å²) >= 11 is 0. The van der Waals surface area contributed by atoms with Gasteiger partial charge in [-0.2, -0.15) is 4.98 Å². The Morgan fingerprint density at radius 1 is 1.36 bits per heavy atom. The molecule has 1 atom stereocenters. The lowest BCUT2D eigenvalue weighted by atomic mass is 9.92. The van der Waals surface area contributed by atoms with Crippen molar-refractivity contribution in [2.45, 2.75) is 53.1 Å². The summed E-state index contributed by atoms with van der Waals surface area (Å²) in [6, 6.07) is 7.08. The first-order chi connectivity index (χ1) is 11.8. The van der Waals surface area contributed by atoms with E-state index in [1.165, 1.54) is 0 Å². The molecule has 136 valence electrons. The van der Waals surface area contributed by atoms with E-state index in [2.05, 4.69) is 36.2 Å². The molecule has 2 aromatic rings. The number of nitrogens with one attached hydrogen (secondary N) is 1. The number of carbonyl (C=O) groups excluding carboxylic acids is 1.